The van der Waals surface area contributed by atoms with Gasteiger partial charge in [-0.05, 0) is 32.5 Å². The molecule has 1 unspecified atom stereocenters. The molecule has 0 aliphatic rings. The zero-order valence-corrected chi connectivity index (χ0v) is 11.8. The van der Waals surface area contributed by atoms with Gasteiger partial charge in [-0.2, -0.15) is 5.10 Å². The Hall–Kier alpha value is -1.88. The summed E-state index contributed by atoms with van der Waals surface area (Å²) in [4.78, 5) is 4.50. The van der Waals surface area contributed by atoms with E-state index in [1.54, 1.807) is 13.3 Å². The van der Waals surface area contributed by atoms with Gasteiger partial charge in [0.05, 0.1) is 25.0 Å². The van der Waals surface area contributed by atoms with E-state index in [-0.39, 0.29) is 6.04 Å². The number of aryl methyl sites for hydroxylation is 2. The molecule has 1 N–H and O–H groups in total. The van der Waals surface area contributed by atoms with E-state index in [2.05, 4.69) is 35.3 Å². The minimum Gasteiger partial charge on any atom is -0.493 e. The van der Waals surface area contributed by atoms with Gasteiger partial charge in [-0.3, -0.25) is 9.67 Å². The minimum absolute atomic E-state index is 0.0291. The zero-order valence-electron chi connectivity index (χ0n) is 11.8. The molecule has 2 rings (SSSR count). The fraction of sp³-hybridized carbons (Fsp3) is 0.429. The highest BCUT2D eigenvalue weighted by Crippen LogP contribution is 2.30. The molecule has 2 aromatic rings. The molecule has 19 heavy (non-hydrogen) atoms. The van der Waals surface area contributed by atoms with E-state index in [1.807, 2.05) is 24.0 Å². The Balaban J connectivity index is 2.54. The first-order valence-electron chi connectivity index (χ1n) is 6.41. The summed E-state index contributed by atoms with van der Waals surface area (Å²) in [6.07, 6.45) is 3.56. The third-order valence-corrected chi connectivity index (χ3v) is 3.25. The fourth-order valence-electron chi connectivity index (χ4n) is 2.28. The molecule has 1 atom stereocenters. The summed E-state index contributed by atoms with van der Waals surface area (Å²) in [5.74, 6) is 0.784. The van der Waals surface area contributed by atoms with E-state index < -0.39 is 0 Å². The van der Waals surface area contributed by atoms with Gasteiger partial charge in [0, 0.05) is 12.7 Å². The Labute approximate surface area is 113 Å². The smallest absolute Gasteiger partial charge is 0.161 e. The lowest BCUT2D eigenvalue weighted by atomic mass is 10.0. The van der Waals surface area contributed by atoms with Crippen LogP contribution in [0.2, 0.25) is 0 Å². The number of hydrogen-bond donors (Lipinski definition) is 1. The topological polar surface area (TPSA) is 52.0 Å². The summed E-state index contributed by atoms with van der Waals surface area (Å²) in [5, 5.41) is 7.66. The molecule has 102 valence electrons. The van der Waals surface area contributed by atoms with Gasteiger partial charge < -0.3 is 10.1 Å². The highest BCUT2D eigenvalue weighted by atomic mass is 16.5. The first-order chi connectivity index (χ1) is 9.22. The van der Waals surface area contributed by atoms with E-state index in [1.165, 1.54) is 0 Å². The van der Waals surface area contributed by atoms with Crippen molar-refractivity contribution in [2.45, 2.75) is 26.4 Å². The van der Waals surface area contributed by atoms with Crippen LogP contribution in [0.1, 0.15) is 29.9 Å². The van der Waals surface area contributed by atoms with Gasteiger partial charge in [0.1, 0.15) is 5.69 Å². The lowest BCUT2D eigenvalue weighted by molar-refractivity contribution is 0.400. The molecule has 0 fully saturated rings. The second-order valence-corrected chi connectivity index (χ2v) is 4.34. The van der Waals surface area contributed by atoms with E-state index in [0.717, 1.165) is 29.2 Å². The van der Waals surface area contributed by atoms with E-state index in [0.29, 0.717) is 0 Å². The quantitative estimate of drug-likeness (QED) is 0.892. The maximum Gasteiger partial charge on any atom is 0.161 e. The average Bonchev–Trinajstić information content (AvgIpc) is 2.85. The second-order valence-electron chi connectivity index (χ2n) is 4.34. The molecule has 0 aromatic carbocycles. The number of nitrogens with one attached hydrogen (secondary N) is 1. The van der Waals surface area contributed by atoms with Crippen molar-refractivity contribution in [3.63, 3.8) is 0 Å². The lowest BCUT2D eigenvalue weighted by Gasteiger charge is -2.20. The third-order valence-electron chi connectivity index (χ3n) is 3.25. The molecule has 0 radical (unpaired) electrons. The number of methoxy groups -OCH3 is 1. The van der Waals surface area contributed by atoms with Crippen molar-refractivity contribution in [1.82, 2.24) is 20.1 Å². The number of aromatic nitrogens is 3. The minimum atomic E-state index is -0.0291. The van der Waals surface area contributed by atoms with E-state index in [9.17, 15) is 0 Å². The molecular formula is C14H20N4O. The number of ether oxygens (including phenoxy) is 1. The van der Waals surface area contributed by atoms with Gasteiger partial charge in [-0.25, -0.2) is 0 Å². The third kappa shape index (κ3) is 2.46. The molecule has 0 aliphatic heterocycles. The van der Waals surface area contributed by atoms with Crippen LogP contribution in [0.15, 0.2) is 24.5 Å². The van der Waals surface area contributed by atoms with Crippen LogP contribution in [0.3, 0.4) is 0 Å². The summed E-state index contributed by atoms with van der Waals surface area (Å²) in [7, 11) is 3.59. The van der Waals surface area contributed by atoms with Crippen LogP contribution in [0, 0.1) is 6.92 Å². The summed E-state index contributed by atoms with van der Waals surface area (Å²) in [6.45, 7) is 4.92. The lowest BCUT2D eigenvalue weighted by Crippen LogP contribution is -2.23. The normalized spacial score (nSPS) is 12.4. The molecule has 0 spiro atoms. The van der Waals surface area contributed by atoms with Gasteiger partial charge in [0.25, 0.3) is 0 Å². The highest BCUT2D eigenvalue weighted by Gasteiger charge is 2.24. The van der Waals surface area contributed by atoms with Gasteiger partial charge in [-0.15, -0.1) is 0 Å². The molecule has 2 aromatic heterocycles. The first kappa shape index (κ1) is 13.5. The summed E-state index contributed by atoms with van der Waals surface area (Å²) in [6, 6.07) is 3.98. The van der Waals surface area contributed by atoms with Crippen molar-refractivity contribution >= 4 is 0 Å². The maximum absolute atomic E-state index is 5.42. The van der Waals surface area contributed by atoms with Gasteiger partial charge in [-0.1, -0.05) is 6.07 Å². The summed E-state index contributed by atoms with van der Waals surface area (Å²) >= 11 is 0. The molecule has 5 nitrogen and oxygen atoms in total. The predicted octanol–water partition coefficient (Wildman–Crippen LogP) is 1.92. The Morgan fingerprint density at radius 3 is 2.84 bits per heavy atom. The molecule has 2 heterocycles. The van der Waals surface area contributed by atoms with Crippen LogP contribution in [-0.4, -0.2) is 28.9 Å². The van der Waals surface area contributed by atoms with Crippen LogP contribution in [-0.2, 0) is 6.54 Å². The Bertz CT molecular complexity index is 529. The highest BCUT2D eigenvalue weighted by molar-refractivity contribution is 5.36. The molecule has 0 aliphatic carbocycles. The van der Waals surface area contributed by atoms with Gasteiger partial charge >= 0.3 is 0 Å². The van der Waals surface area contributed by atoms with Gasteiger partial charge in [0.15, 0.2) is 5.75 Å². The monoisotopic (exact) mass is 260 g/mol. The maximum atomic E-state index is 5.42. The van der Waals surface area contributed by atoms with Crippen molar-refractivity contribution in [1.29, 1.82) is 0 Å². The Morgan fingerprint density at radius 1 is 1.47 bits per heavy atom. The van der Waals surface area contributed by atoms with Crippen molar-refractivity contribution in [3.05, 3.63) is 41.5 Å². The standard InChI is InChI=1S/C14H20N4O/c1-5-18-14(11(19-4)9-17-18)13(15-3)12-10(2)7-6-8-16-12/h6-9,13,15H,5H2,1-4H3. The van der Waals surface area contributed by atoms with Crippen molar-refractivity contribution in [3.8, 4) is 5.75 Å². The van der Waals surface area contributed by atoms with Crippen molar-refractivity contribution < 1.29 is 4.74 Å². The van der Waals surface area contributed by atoms with Gasteiger partial charge in [0.2, 0.25) is 0 Å². The fourth-order valence-corrected chi connectivity index (χ4v) is 2.28. The first-order valence-corrected chi connectivity index (χ1v) is 6.41. The van der Waals surface area contributed by atoms with Crippen LogP contribution in [0.4, 0.5) is 0 Å². The summed E-state index contributed by atoms with van der Waals surface area (Å²) < 4.78 is 7.36. The molecule has 0 saturated heterocycles. The average molecular weight is 260 g/mol. The van der Waals surface area contributed by atoms with E-state index >= 15 is 0 Å². The largest absolute Gasteiger partial charge is 0.493 e. The molecule has 5 heteroatoms. The molecular weight excluding hydrogens is 240 g/mol. The van der Waals surface area contributed by atoms with Crippen LogP contribution < -0.4 is 10.1 Å². The zero-order chi connectivity index (χ0) is 13.8. The number of pyridine rings is 1. The molecule has 0 amide bonds. The summed E-state index contributed by atoms with van der Waals surface area (Å²) in [5.41, 5.74) is 3.15. The number of rotatable bonds is 5. The van der Waals surface area contributed by atoms with Crippen LogP contribution in [0.5, 0.6) is 5.75 Å². The Kier molecular flexibility index (Phi) is 4.16. The molecule has 0 saturated carbocycles. The number of nitrogens with zero attached hydrogens (tertiary/aromatic N) is 3. The predicted molar refractivity (Wildman–Crippen MR) is 74.3 cm³/mol. The SMILES string of the molecule is CCn1ncc(OC)c1C(NC)c1ncccc1C. The Morgan fingerprint density at radius 2 is 2.26 bits per heavy atom. The number of hydrogen-bond acceptors (Lipinski definition) is 4. The second kappa shape index (κ2) is 5.84. The van der Waals surface area contributed by atoms with E-state index in [4.69, 9.17) is 4.74 Å². The van der Waals surface area contributed by atoms with Crippen molar-refractivity contribution in [2.24, 2.45) is 0 Å². The van der Waals surface area contributed by atoms with Crippen LogP contribution >= 0.6 is 0 Å². The van der Waals surface area contributed by atoms with Crippen LogP contribution in [0.25, 0.3) is 0 Å². The molecule has 0 bridgehead atoms. The van der Waals surface area contributed by atoms with Crippen molar-refractivity contribution in [2.75, 3.05) is 14.2 Å².